The van der Waals surface area contributed by atoms with E-state index in [-0.39, 0.29) is 6.61 Å². The highest BCUT2D eigenvalue weighted by atomic mass is 79.9. The monoisotopic (exact) mass is 417 g/mol. The van der Waals surface area contributed by atoms with Gasteiger partial charge in [-0.2, -0.15) is 0 Å². The molecule has 0 aliphatic carbocycles. The van der Waals surface area contributed by atoms with E-state index in [1.807, 2.05) is 12.1 Å². The maximum Gasteiger partial charge on any atom is 0.340 e. The Kier molecular flexibility index (Phi) is 5.07. The third-order valence-corrected chi connectivity index (χ3v) is 4.11. The van der Waals surface area contributed by atoms with Crippen LogP contribution >= 0.6 is 43.5 Å². The summed E-state index contributed by atoms with van der Waals surface area (Å²) in [6, 6.07) is 10.6. The summed E-state index contributed by atoms with van der Waals surface area (Å²) in [4.78, 5) is 12.1. The van der Waals surface area contributed by atoms with E-state index in [0.29, 0.717) is 20.7 Å². The first kappa shape index (κ1) is 15.4. The Labute approximate surface area is 138 Å². The fourth-order valence-electron chi connectivity index (χ4n) is 1.59. The topological polar surface area (TPSA) is 52.3 Å². The normalized spacial score (nSPS) is 10.3. The maximum absolute atomic E-state index is 12.1. The van der Waals surface area contributed by atoms with Crippen molar-refractivity contribution in [3.8, 4) is 0 Å². The van der Waals surface area contributed by atoms with Gasteiger partial charge >= 0.3 is 5.97 Å². The summed E-state index contributed by atoms with van der Waals surface area (Å²) in [5, 5.41) is 0.559. The Balaban J connectivity index is 2.15. The number of hydrogen-bond acceptors (Lipinski definition) is 3. The van der Waals surface area contributed by atoms with Crippen LogP contribution < -0.4 is 5.73 Å². The van der Waals surface area contributed by atoms with Gasteiger partial charge < -0.3 is 10.5 Å². The summed E-state index contributed by atoms with van der Waals surface area (Å²) in [5.41, 5.74) is 7.25. The van der Waals surface area contributed by atoms with E-state index < -0.39 is 5.97 Å². The highest BCUT2D eigenvalue weighted by Gasteiger charge is 2.15. The Morgan fingerprint density at radius 3 is 2.65 bits per heavy atom. The number of esters is 1. The van der Waals surface area contributed by atoms with Crippen LogP contribution in [0, 0.1) is 0 Å². The van der Waals surface area contributed by atoms with Crippen molar-refractivity contribution in [2.45, 2.75) is 6.61 Å². The van der Waals surface area contributed by atoms with Crippen molar-refractivity contribution in [2.75, 3.05) is 5.73 Å². The van der Waals surface area contributed by atoms with E-state index in [9.17, 15) is 4.79 Å². The fourth-order valence-corrected chi connectivity index (χ4v) is 3.01. The largest absolute Gasteiger partial charge is 0.457 e. The van der Waals surface area contributed by atoms with Crippen molar-refractivity contribution in [3.05, 3.63) is 61.5 Å². The van der Waals surface area contributed by atoms with Crippen LogP contribution in [0.3, 0.4) is 0 Å². The van der Waals surface area contributed by atoms with E-state index in [1.54, 1.807) is 24.3 Å². The second kappa shape index (κ2) is 6.61. The number of ether oxygens (including phenoxy) is 1. The number of rotatable bonds is 3. The van der Waals surface area contributed by atoms with Crippen LogP contribution in [-0.4, -0.2) is 5.97 Å². The molecule has 0 radical (unpaired) electrons. The molecule has 2 N–H and O–H groups in total. The summed E-state index contributed by atoms with van der Waals surface area (Å²) in [6.45, 7) is 0.0993. The lowest BCUT2D eigenvalue weighted by Gasteiger charge is -2.10. The molecule has 0 bridgehead atoms. The molecule has 0 atom stereocenters. The molecular weight excluding hydrogens is 409 g/mol. The molecule has 0 heterocycles. The lowest BCUT2D eigenvalue weighted by Crippen LogP contribution is -2.09. The van der Waals surface area contributed by atoms with Crippen molar-refractivity contribution in [1.82, 2.24) is 0 Å². The predicted octanol–water partition coefficient (Wildman–Crippen LogP) is 4.80. The Bertz CT molecular complexity index is 662. The molecule has 0 fully saturated rings. The summed E-state index contributed by atoms with van der Waals surface area (Å²) in [5.74, 6) is -0.496. The van der Waals surface area contributed by atoms with Crippen molar-refractivity contribution in [3.63, 3.8) is 0 Å². The first-order chi connectivity index (χ1) is 9.49. The number of carbonyl (C=O) groups is 1. The molecule has 2 rings (SSSR count). The number of nitrogens with two attached hydrogens (primary N) is 1. The van der Waals surface area contributed by atoms with Gasteiger partial charge in [0.25, 0.3) is 0 Å². The van der Waals surface area contributed by atoms with Crippen LogP contribution in [0.2, 0.25) is 5.02 Å². The van der Waals surface area contributed by atoms with Crippen LogP contribution in [0.15, 0.2) is 45.3 Å². The highest BCUT2D eigenvalue weighted by Crippen LogP contribution is 2.29. The zero-order chi connectivity index (χ0) is 14.7. The standard InChI is InChI=1S/C14H10Br2ClNO2/c15-9-5-10(13(18)11(16)6-9)14(19)20-7-8-3-1-2-4-12(8)17/h1-6H,7,18H2. The van der Waals surface area contributed by atoms with Crippen molar-refractivity contribution in [1.29, 1.82) is 0 Å². The first-order valence-corrected chi connectivity index (χ1v) is 7.60. The second-order valence-corrected chi connectivity index (χ2v) is 6.19. The van der Waals surface area contributed by atoms with Crippen molar-refractivity contribution < 1.29 is 9.53 Å². The summed E-state index contributed by atoms with van der Waals surface area (Å²) in [7, 11) is 0. The summed E-state index contributed by atoms with van der Waals surface area (Å²) >= 11 is 12.6. The Hall–Kier alpha value is -1.04. The third kappa shape index (κ3) is 3.53. The molecular formula is C14H10Br2ClNO2. The minimum atomic E-state index is -0.496. The van der Waals surface area contributed by atoms with Crippen LogP contribution in [0.1, 0.15) is 15.9 Å². The first-order valence-electron chi connectivity index (χ1n) is 5.64. The fraction of sp³-hybridized carbons (Fsp3) is 0.0714. The zero-order valence-corrected chi connectivity index (χ0v) is 14.1. The zero-order valence-electron chi connectivity index (χ0n) is 10.2. The average Bonchev–Trinajstić information content (AvgIpc) is 2.41. The molecule has 104 valence electrons. The molecule has 0 aliphatic heterocycles. The second-order valence-electron chi connectivity index (χ2n) is 4.02. The van der Waals surface area contributed by atoms with Gasteiger partial charge in [-0.05, 0) is 34.1 Å². The molecule has 20 heavy (non-hydrogen) atoms. The van der Waals surface area contributed by atoms with E-state index in [1.165, 1.54) is 0 Å². The van der Waals surface area contributed by atoms with Gasteiger partial charge in [0.1, 0.15) is 6.61 Å². The third-order valence-electron chi connectivity index (χ3n) is 2.63. The van der Waals surface area contributed by atoms with E-state index in [4.69, 9.17) is 22.1 Å². The minimum Gasteiger partial charge on any atom is -0.457 e. The van der Waals surface area contributed by atoms with Crippen LogP contribution in [0.25, 0.3) is 0 Å². The van der Waals surface area contributed by atoms with Crippen molar-refractivity contribution in [2.24, 2.45) is 0 Å². The Morgan fingerprint density at radius 1 is 1.25 bits per heavy atom. The number of halogens is 3. The minimum absolute atomic E-state index is 0.0993. The van der Waals surface area contributed by atoms with Gasteiger partial charge in [-0.25, -0.2) is 4.79 Å². The molecule has 0 amide bonds. The molecule has 0 aromatic heterocycles. The number of carbonyl (C=O) groups excluding carboxylic acids is 1. The smallest absolute Gasteiger partial charge is 0.340 e. The number of benzene rings is 2. The quantitative estimate of drug-likeness (QED) is 0.574. The number of anilines is 1. The lowest BCUT2D eigenvalue weighted by atomic mass is 10.2. The lowest BCUT2D eigenvalue weighted by molar-refractivity contribution is 0.0474. The van der Waals surface area contributed by atoms with Gasteiger partial charge in [-0.1, -0.05) is 45.7 Å². The van der Waals surface area contributed by atoms with Crippen molar-refractivity contribution >= 4 is 55.1 Å². The molecule has 0 aliphatic rings. The molecule has 0 saturated heterocycles. The summed E-state index contributed by atoms with van der Waals surface area (Å²) in [6.07, 6.45) is 0. The molecule has 0 unspecified atom stereocenters. The van der Waals surface area contributed by atoms with Gasteiger partial charge in [0.15, 0.2) is 0 Å². The van der Waals surface area contributed by atoms with Crippen LogP contribution in [0.5, 0.6) is 0 Å². The van der Waals surface area contributed by atoms with Gasteiger partial charge in [0.05, 0.1) is 11.3 Å². The molecule has 2 aromatic carbocycles. The van der Waals surface area contributed by atoms with Gasteiger partial charge in [-0.15, -0.1) is 0 Å². The van der Waals surface area contributed by atoms with Crippen LogP contribution in [0.4, 0.5) is 5.69 Å². The highest BCUT2D eigenvalue weighted by molar-refractivity contribution is 9.11. The van der Waals surface area contributed by atoms with Gasteiger partial charge in [0, 0.05) is 19.5 Å². The molecule has 2 aromatic rings. The molecule has 0 spiro atoms. The van der Waals surface area contributed by atoms with Crippen LogP contribution in [-0.2, 0) is 11.3 Å². The Morgan fingerprint density at radius 2 is 1.95 bits per heavy atom. The SMILES string of the molecule is Nc1c(Br)cc(Br)cc1C(=O)OCc1ccccc1Cl. The molecule has 0 saturated carbocycles. The molecule has 6 heteroatoms. The predicted molar refractivity (Wildman–Crippen MR) is 86.8 cm³/mol. The summed E-state index contributed by atoms with van der Waals surface area (Å²) < 4.78 is 6.62. The molecule has 3 nitrogen and oxygen atoms in total. The number of hydrogen-bond donors (Lipinski definition) is 1. The van der Waals surface area contributed by atoms with Gasteiger partial charge in [-0.3, -0.25) is 0 Å². The maximum atomic E-state index is 12.1. The number of nitrogen functional groups attached to an aromatic ring is 1. The van der Waals surface area contributed by atoms with E-state index in [2.05, 4.69) is 31.9 Å². The van der Waals surface area contributed by atoms with Gasteiger partial charge in [0.2, 0.25) is 0 Å². The average molecular weight is 420 g/mol. The van der Waals surface area contributed by atoms with E-state index in [0.717, 1.165) is 10.0 Å². The van der Waals surface area contributed by atoms with E-state index >= 15 is 0 Å².